The van der Waals surface area contributed by atoms with Crippen LogP contribution < -0.4 is 5.32 Å². The number of hydrogen-bond acceptors (Lipinski definition) is 5. The number of piperazine rings is 1. The van der Waals surface area contributed by atoms with Crippen LogP contribution in [0.2, 0.25) is 0 Å². The van der Waals surface area contributed by atoms with Gasteiger partial charge in [-0.25, -0.2) is 4.98 Å². The predicted octanol–water partition coefficient (Wildman–Crippen LogP) is 2.42. The normalized spacial score (nSPS) is 17.7. The molecule has 0 amide bonds. The Bertz CT molecular complexity index is 397. The lowest BCUT2D eigenvalue weighted by Gasteiger charge is -2.34. The van der Waals surface area contributed by atoms with Crippen LogP contribution in [-0.2, 0) is 13.1 Å². The van der Waals surface area contributed by atoms with E-state index in [1.165, 1.54) is 49.8 Å². The summed E-state index contributed by atoms with van der Waals surface area (Å²) in [5.74, 6) is 0.698. The highest BCUT2D eigenvalue weighted by Crippen LogP contribution is 2.13. The van der Waals surface area contributed by atoms with E-state index >= 15 is 0 Å². The molecule has 1 saturated heterocycles. The second-order valence-electron chi connectivity index (χ2n) is 6.38. The first kappa shape index (κ1) is 16.9. The van der Waals surface area contributed by atoms with Crippen LogP contribution in [0.25, 0.3) is 0 Å². The minimum absolute atomic E-state index is 0.698. The van der Waals surface area contributed by atoms with Crippen molar-refractivity contribution in [2.45, 2.75) is 40.3 Å². The fourth-order valence-corrected chi connectivity index (χ4v) is 3.44. The van der Waals surface area contributed by atoms with Gasteiger partial charge in [-0.15, -0.1) is 11.3 Å². The largest absolute Gasteiger partial charge is 0.310 e. The van der Waals surface area contributed by atoms with Crippen molar-refractivity contribution >= 4 is 11.3 Å². The van der Waals surface area contributed by atoms with E-state index in [0.717, 1.165) is 19.6 Å². The maximum atomic E-state index is 4.76. The van der Waals surface area contributed by atoms with Crippen LogP contribution in [0.4, 0.5) is 0 Å². The van der Waals surface area contributed by atoms with E-state index in [0.29, 0.717) is 5.92 Å². The molecule has 0 saturated carbocycles. The van der Waals surface area contributed by atoms with E-state index in [1.54, 1.807) is 11.3 Å². The van der Waals surface area contributed by atoms with Gasteiger partial charge in [0.25, 0.3) is 0 Å². The second kappa shape index (κ2) is 8.83. The molecule has 1 aromatic rings. The Balaban J connectivity index is 1.70. The standard InChI is InChI=1S/C16H30N4S/c1-4-5-19-6-8-20(9-7-19)12-15-13-21-16(18-15)11-17-10-14(2)3/h13-14,17H,4-12H2,1-3H3. The van der Waals surface area contributed by atoms with Crippen molar-refractivity contribution in [3.63, 3.8) is 0 Å². The summed E-state index contributed by atoms with van der Waals surface area (Å²) < 4.78 is 0. The first-order chi connectivity index (χ1) is 10.2. The van der Waals surface area contributed by atoms with Gasteiger partial charge in [0.15, 0.2) is 0 Å². The van der Waals surface area contributed by atoms with Crippen molar-refractivity contribution < 1.29 is 0 Å². The highest BCUT2D eigenvalue weighted by Gasteiger charge is 2.17. The molecule has 1 aromatic heterocycles. The van der Waals surface area contributed by atoms with E-state index in [4.69, 9.17) is 4.98 Å². The average molecular weight is 311 g/mol. The summed E-state index contributed by atoms with van der Waals surface area (Å²) in [5, 5.41) is 6.91. The Labute approximate surface area is 133 Å². The molecule has 2 heterocycles. The Morgan fingerprint density at radius 1 is 1.24 bits per heavy atom. The lowest BCUT2D eigenvalue weighted by atomic mass is 10.2. The zero-order valence-corrected chi connectivity index (χ0v) is 14.6. The van der Waals surface area contributed by atoms with Gasteiger partial charge in [-0.05, 0) is 25.4 Å². The van der Waals surface area contributed by atoms with Crippen molar-refractivity contribution in [3.8, 4) is 0 Å². The van der Waals surface area contributed by atoms with Crippen molar-refractivity contribution in [2.24, 2.45) is 5.92 Å². The van der Waals surface area contributed by atoms with Gasteiger partial charge in [-0.1, -0.05) is 20.8 Å². The first-order valence-electron chi connectivity index (χ1n) is 8.26. The van der Waals surface area contributed by atoms with Crippen LogP contribution in [0.1, 0.15) is 37.9 Å². The van der Waals surface area contributed by atoms with Gasteiger partial charge in [0, 0.05) is 44.6 Å². The van der Waals surface area contributed by atoms with Crippen LogP contribution in [0.5, 0.6) is 0 Å². The Hall–Kier alpha value is -0.490. The number of rotatable bonds is 8. The zero-order valence-electron chi connectivity index (χ0n) is 13.8. The molecule has 0 aromatic carbocycles. The van der Waals surface area contributed by atoms with Crippen molar-refractivity contribution in [2.75, 3.05) is 39.3 Å². The molecule has 0 spiro atoms. The van der Waals surface area contributed by atoms with Gasteiger partial charge in [0.1, 0.15) is 5.01 Å². The molecule has 0 atom stereocenters. The Morgan fingerprint density at radius 3 is 2.62 bits per heavy atom. The molecule has 4 nitrogen and oxygen atoms in total. The molecule has 2 rings (SSSR count). The number of nitrogens with one attached hydrogen (secondary N) is 1. The molecule has 21 heavy (non-hydrogen) atoms. The topological polar surface area (TPSA) is 31.4 Å². The third-order valence-corrected chi connectivity index (χ3v) is 4.72. The van der Waals surface area contributed by atoms with Crippen LogP contribution in [0.3, 0.4) is 0 Å². The van der Waals surface area contributed by atoms with Crippen molar-refractivity contribution in [1.29, 1.82) is 0 Å². The van der Waals surface area contributed by atoms with Crippen LogP contribution >= 0.6 is 11.3 Å². The van der Waals surface area contributed by atoms with Crippen LogP contribution in [0.15, 0.2) is 5.38 Å². The monoisotopic (exact) mass is 310 g/mol. The molecule has 0 aliphatic carbocycles. The molecule has 1 fully saturated rings. The number of aromatic nitrogens is 1. The lowest BCUT2D eigenvalue weighted by molar-refractivity contribution is 0.126. The number of hydrogen-bond donors (Lipinski definition) is 1. The zero-order chi connectivity index (χ0) is 15.1. The average Bonchev–Trinajstić information content (AvgIpc) is 2.88. The smallest absolute Gasteiger partial charge is 0.107 e. The molecule has 1 N–H and O–H groups in total. The molecular formula is C16H30N4S. The van der Waals surface area contributed by atoms with E-state index in [2.05, 4.69) is 41.3 Å². The van der Waals surface area contributed by atoms with Crippen LogP contribution in [-0.4, -0.2) is 54.1 Å². The highest BCUT2D eigenvalue weighted by molar-refractivity contribution is 7.09. The SMILES string of the molecule is CCCN1CCN(Cc2csc(CNCC(C)C)n2)CC1. The highest BCUT2D eigenvalue weighted by atomic mass is 32.1. The summed E-state index contributed by atoms with van der Waals surface area (Å²) in [4.78, 5) is 9.86. The third-order valence-electron chi connectivity index (χ3n) is 3.82. The van der Waals surface area contributed by atoms with Crippen molar-refractivity contribution in [3.05, 3.63) is 16.1 Å². The van der Waals surface area contributed by atoms with E-state index in [1.807, 2.05) is 0 Å². The van der Waals surface area contributed by atoms with Crippen molar-refractivity contribution in [1.82, 2.24) is 20.1 Å². The summed E-state index contributed by atoms with van der Waals surface area (Å²) in [7, 11) is 0. The van der Waals surface area contributed by atoms with Gasteiger partial charge < -0.3 is 10.2 Å². The quantitative estimate of drug-likeness (QED) is 0.799. The predicted molar refractivity (Wildman–Crippen MR) is 90.7 cm³/mol. The fraction of sp³-hybridized carbons (Fsp3) is 0.812. The number of thiazole rings is 1. The molecule has 1 aliphatic rings. The van der Waals surface area contributed by atoms with E-state index < -0.39 is 0 Å². The minimum atomic E-state index is 0.698. The number of nitrogens with zero attached hydrogens (tertiary/aromatic N) is 3. The fourth-order valence-electron chi connectivity index (χ4n) is 2.69. The van der Waals surface area contributed by atoms with Gasteiger partial charge >= 0.3 is 0 Å². The Morgan fingerprint density at radius 2 is 1.95 bits per heavy atom. The summed E-state index contributed by atoms with van der Waals surface area (Å²) in [5.41, 5.74) is 1.24. The molecule has 0 unspecified atom stereocenters. The lowest BCUT2D eigenvalue weighted by Crippen LogP contribution is -2.46. The van der Waals surface area contributed by atoms with Gasteiger partial charge in [-0.3, -0.25) is 4.90 Å². The summed E-state index contributed by atoms with van der Waals surface area (Å²) >= 11 is 1.79. The molecular weight excluding hydrogens is 280 g/mol. The van der Waals surface area contributed by atoms with Gasteiger partial charge in [0.2, 0.25) is 0 Å². The summed E-state index contributed by atoms with van der Waals surface area (Å²) in [6.07, 6.45) is 1.26. The molecule has 0 radical (unpaired) electrons. The van der Waals surface area contributed by atoms with E-state index in [-0.39, 0.29) is 0 Å². The van der Waals surface area contributed by atoms with Gasteiger partial charge in [0.05, 0.1) is 5.69 Å². The van der Waals surface area contributed by atoms with Crippen LogP contribution in [0, 0.1) is 5.92 Å². The molecule has 0 bridgehead atoms. The van der Waals surface area contributed by atoms with E-state index in [9.17, 15) is 0 Å². The molecule has 1 aliphatic heterocycles. The third kappa shape index (κ3) is 6.02. The minimum Gasteiger partial charge on any atom is -0.310 e. The molecule has 120 valence electrons. The maximum absolute atomic E-state index is 4.76. The summed E-state index contributed by atoms with van der Waals surface area (Å²) in [6.45, 7) is 15.7. The summed E-state index contributed by atoms with van der Waals surface area (Å²) in [6, 6.07) is 0. The Kier molecular flexibility index (Phi) is 7.10. The maximum Gasteiger partial charge on any atom is 0.107 e. The molecule has 5 heteroatoms. The first-order valence-corrected chi connectivity index (χ1v) is 9.14. The van der Waals surface area contributed by atoms with Gasteiger partial charge in [-0.2, -0.15) is 0 Å². The second-order valence-corrected chi connectivity index (χ2v) is 7.32.